The van der Waals surface area contributed by atoms with E-state index >= 15 is 0 Å². The predicted octanol–water partition coefficient (Wildman–Crippen LogP) is 4.72. The van der Waals surface area contributed by atoms with Gasteiger partial charge in [-0.05, 0) is 49.1 Å². The van der Waals surface area contributed by atoms with E-state index in [0.29, 0.717) is 37.4 Å². The van der Waals surface area contributed by atoms with E-state index in [1.54, 1.807) is 19.1 Å². The van der Waals surface area contributed by atoms with Crippen molar-refractivity contribution >= 4 is 11.8 Å². The molecule has 0 aliphatic rings. The van der Waals surface area contributed by atoms with Gasteiger partial charge in [-0.1, -0.05) is 66.2 Å². The third kappa shape index (κ3) is 7.35. The minimum atomic E-state index is -0.619. The molecule has 0 aromatic heterocycles. The Morgan fingerprint density at radius 3 is 2.17 bits per heavy atom. The van der Waals surface area contributed by atoms with Gasteiger partial charge in [-0.15, -0.1) is 0 Å². The van der Waals surface area contributed by atoms with Gasteiger partial charge < -0.3 is 19.7 Å². The van der Waals surface area contributed by atoms with E-state index in [0.717, 1.165) is 22.3 Å². The van der Waals surface area contributed by atoms with Gasteiger partial charge in [-0.25, -0.2) is 0 Å². The van der Waals surface area contributed by atoms with Crippen molar-refractivity contribution < 1.29 is 19.1 Å². The van der Waals surface area contributed by atoms with Crippen LogP contribution in [0.1, 0.15) is 35.6 Å². The van der Waals surface area contributed by atoms with Crippen molar-refractivity contribution in [3.05, 3.63) is 95.1 Å². The number of nitrogens with zero attached hydrogens (tertiary/aromatic N) is 1. The summed E-state index contributed by atoms with van der Waals surface area (Å²) in [4.78, 5) is 28.7. The number of carbonyl (C=O) groups is 2. The first-order chi connectivity index (χ1) is 17.4. The number of amides is 2. The summed E-state index contributed by atoms with van der Waals surface area (Å²) < 4.78 is 10.7. The second kappa shape index (κ2) is 13.3. The maximum absolute atomic E-state index is 13.7. The zero-order valence-corrected chi connectivity index (χ0v) is 21.6. The lowest BCUT2D eigenvalue weighted by Gasteiger charge is -2.31. The lowest BCUT2D eigenvalue weighted by molar-refractivity contribution is -0.141. The molecule has 0 heterocycles. The zero-order chi connectivity index (χ0) is 25.9. The molecule has 3 aromatic rings. The molecule has 0 fully saturated rings. The van der Waals surface area contributed by atoms with E-state index < -0.39 is 6.04 Å². The fourth-order valence-electron chi connectivity index (χ4n) is 4.17. The molecule has 6 heteroatoms. The molecule has 3 aromatic carbocycles. The Morgan fingerprint density at radius 1 is 0.861 bits per heavy atom. The van der Waals surface area contributed by atoms with E-state index in [4.69, 9.17) is 9.47 Å². The SMILES string of the molecule is CCNC(=O)[C@H](Cc1ccccc1)N(Cc1ccc(C)cc1)C(=O)CCc1ccc(OC)c(OC)c1. The van der Waals surface area contributed by atoms with Crippen LogP contribution in [0.25, 0.3) is 0 Å². The maximum atomic E-state index is 13.7. The minimum Gasteiger partial charge on any atom is -0.493 e. The van der Waals surface area contributed by atoms with Gasteiger partial charge in [-0.2, -0.15) is 0 Å². The van der Waals surface area contributed by atoms with Crippen molar-refractivity contribution in [2.24, 2.45) is 0 Å². The first-order valence-electron chi connectivity index (χ1n) is 12.3. The molecule has 0 aliphatic carbocycles. The van der Waals surface area contributed by atoms with Gasteiger partial charge in [0.2, 0.25) is 11.8 Å². The van der Waals surface area contributed by atoms with Crippen LogP contribution >= 0.6 is 0 Å². The van der Waals surface area contributed by atoms with Gasteiger partial charge >= 0.3 is 0 Å². The van der Waals surface area contributed by atoms with Crippen molar-refractivity contribution in [2.45, 2.75) is 45.7 Å². The molecule has 190 valence electrons. The highest BCUT2D eigenvalue weighted by Crippen LogP contribution is 2.28. The standard InChI is InChI=1S/C30H36N2O4/c1-5-31-30(34)26(19-23-9-7-6-8-10-23)32(21-25-13-11-22(2)12-14-25)29(33)18-16-24-15-17-27(35-3)28(20-24)36-4/h6-15,17,20,26H,5,16,18-19,21H2,1-4H3,(H,31,34)/t26-/m0/s1. The molecule has 1 atom stereocenters. The monoisotopic (exact) mass is 488 g/mol. The van der Waals surface area contributed by atoms with Crippen LogP contribution in [0, 0.1) is 6.92 Å². The second-order valence-electron chi connectivity index (χ2n) is 8.80. The quantitative estimate of drug-likeness (QED) is 0.401. The number of likely N-dealkylation sites (N-methyl/N-ethyl adjacent to an activating group) is 1. The van der Waals surface area contributed by atoms with E-state index in [1.807, 2.05) is 86.6 Å². The highest BCUT2D eigenvalue weighted by Gasteiger charge is 2.30. The Morgan fingerprint density at radius 2 is 1.53 bits per heavy atom. The molecular weight excluding hydrogens is 452 g/mol. The molecule has 3 rings (SSSR count). The topological polar surface area (TPSA) is 67.9 Å². The number of hydrogen-bond donors (Lipinski definition) is 1. The lowest BCUT2D eigenvalue weighted by Crippen LogP contribution is -2.50. The van der Waals surface area contributed by atoms with Gasteiger partial charge in [-0.3, -0.25) is 9.59 Å². The summed E-state index contributed by atoms with van der Waals surface area (Å²) in [5, 5.41) is 2.93. The molecule has 6 nitrogen and oxygen atoms in total. The highest BCUT2D eigenvalue weighted by atomic mass is 16.5. The zero-order valence-electron chi connectivity index (χ0n) is 21.6. The number of ether oxygens (including phenoxy) is 2. The summed E-state index contributed by atoms with van der Waals surface area (Å²) in [6.07, 6.45) is 1.24. The normalized spacial score (nSPS) is 11.4. The molecule has 0 radical (unpaired) electrons. The van der Waals surface area contributed by atoms with Crippen LogP contribution in [0.15, 0.2) is 72.8 Å². The molecule has 0 saturated heterocycles. The van der Waals surface area contributed by atoms with Crippen molar-refractivity contribution in [3.63, 3.8) is 0 Å². The van der Waals surface area contributed by atoms with Crippen LogP contribution in [0.4, 0.5) is 0 Å². The molecular formula is C30H36N2O4. The third-order valence-corrected chi connectivity index (χ3v) is 6.17. The smallest absolute Gasteiger partial charge is 0.243 e. The summed E-state index contributed by atoms with van der Waals surface area (Å²) in [7, 11) is 3.19. The van der Waals surface area contributed by atoms with Gasteiger partial charge in [0.05, 0.1) is 14.2 Å². The van der Waals surface area contributed by atoms with Crippen LogP contribution in [-0.2, 0) is 29.0 Å². The Kier molecular flexibility index (Phi) is 9.92. The second-order valence-corrected chi connectivity index (χ2v) is 8.80. The average Bonchev–Trinajstić information content (AvgIpc) is 2.90. The fourth-order valence-corrected chi connectivity index (χ4v) is 4.17. The number of carbonyl (C=O) groups excluding carboxylic acids is 2. The first-order valence-corrected chi connectivity index (χ1v) is 12.3. The Hall–Kier alpha value is -3.80. The molecule has 0 unspecified atom stereocenters. The number of rotatable bonds is 12. The molecule has 0 saturated carbocycles. The van der Waals surface area contributed by atoms with E-state index in [9.17, 15) is 9.59 Å². The molecule has 0 bridgehead atoms. The summed E-state index contributed by atoms with van der Waals surface area (Å²) in [6, 6.07) is 23.0. The van der Waals surface area contributed by atoms with Crippen LogP contribution in [0.3, 0.4) is 0 Å². The van der Waals surface area contributed by atoms with Crippen LogP contribution in [0.5, 0.6) is 11.5 Å². The largest absolute Gasteiger partial charge is 0.493 e. The summed E-state index contributed by atoms with van der Waals surface area (Å²) >= 11 is 0. The maximum Gasteiger partial charge on any atom is 0.243 e. The van der Waals surface area contributed by atoms with E-state index in [1.165, 1.54) is 0 Å². The minimum absolute atomic E-state index is 0.0717. The molecule has 0 aliphatic heterocycles. The number of aryl methyl sites for hydroxylation is 2. The summed E-state index contributed by atoms with van der Waals surface area (Å²) in [6.45, 7) is 4.78. The van der Waals surface area contributed by atoms with E-state index in [2.05, 4.69) is 5.32 Å². The van der Waals surface area contributed by atoms with Crippen LogP contribution in [0.2, 0.25) is 0 Å². The molecule has 2 amide bonds. The molecule has 0 spiro atoms. The van der Waals surface area contributed by atoms with Gasteiger partial charge in [0.25, 0.3) is 0 Å². The Balaban J connectivity index is 1.87. The van der Waals surface area contributed by atoms with Crippen LogP contribution in [-0.4, -0.2) is 43.5 Å². The van der Waals surface area contributed by atoms with Gasteiger partial charge in [0, 0.05) is 25.9 Å². The van der Waals surface area contributed by atoms with Gasteiger partial charge in [0.15, 0.2) is 11.5 Å². The number of benzene rings is 3. The number of hydrogen-bond acceptors (Lipinski definition) is 4. The Labute approximate surface area is 214 Å². The van der Waals surface area contributed by atoms with Crippen molar-refractivity contribution in [1.82, 2.24) is 10.2 Å². The van der Waals surface area contributed by atoms with Crippen molar-refractivity contribution in [1.29, 1.82) is 0 Å². The average molecular weight is 489 g/mol. The highest BCUT2D eigenvalue weighted by molar-refractivity contribution is 5.88. The third-order valence-electron chi connectivity index (χ3n) is 6.17. The first kappa shape index (κ1) is 26.8. The van der Waals surface area contributed by atoms with E-state index in [-0.39, 0.29) is 18.2 Å². The predicted molar refractivity (Wildman–Crippen MR) is 142 cm³/mol. The lowest BCUT2D eigenvalue weighted by atomic mass is 10.0. The summed E-state index contributed by atoms with van der Waals surface area (Å²) in [5.41, 5.74) is 4.11. The summed E-state index contributed by atoms with van der Waals surface area (Å²) in [5.74, 6) is 1.06. The number of nitrogens with one attached hydrogen (secondary N) is 1. The van der Waals surface area contributed by atoms with Gasteiger partial charge in [0.1, 0.15) is 6.04 Å². The van der Waals surface area contributed by atoms with Crippen molar-refractivity contribution in [3.8, 4) is 11.5 Å². The number of methoxy groups -OCH3 is 2. The Bertz CT molecular complexity index is 1130. The van der Waals surface area contributed by atoms with Crippen LogP contribution < -0.4 is 14.8 Å². The molecule has 36 heavy (non-hydrogen) atoms. The fraction of sp³-hybridized carbons (Fsp3) is 0.333. The van der Waals surface area contributed by atoms with Crippen molar-refractivity contribution in [2.75, 3.05) is 20.8 Å². The molecule has 1 N–H and O–H groups in total.